The molecule has 0 radical (unpaired) electrons. The van der Waals surface area contributed by atoms with E-state index in [9.17, 15) is 0 Å². The summed E-state index contributed by atoms with van der Waals surface area (Å²) in [7, 11) is 0. The molecule has 0 amide bonds. The number of benzene rings is 9. The smallest absolute Gasteiger partial charge is 0.249 e. The SMILES string of the molecule is CC(C)(C)c1cccc(-c2cccc(-c3cc(-c4cccc(-c5cccc(C(C)(C)C)c5)n4)c4c5c3Sc3ccc(-c6ccccc6)cc3B5c3cc(-c5ccccc5)ccc3N4c3ccc(-c4ccccc4)cc3)n2)c1. The summed E-state index contributed by atoms with van der Waals surface area (Å²) in [6.45, 7) is 13.5. The minimum absolute atomic E-state index is 0.00931. The topological polar surface area (TPSA) is 29.0 Å². The lowest BCUT2D eigenvalue weighted by Gasteiger charge is -2.42. The molecule has 0 saturated heterocycles. The normalized spacial score (nSPS) is 12.7. The number of rotatable bonds is 8. The summed E-state index contributed by atoms with van der Waals surface area (Å²) in [6, 6.07) is 89.1. The first-order valence-electron chi connectivity index (χ1n) is 26.8. The van der Waals surface area contributed by atoms with Crippen LogP contribution in [0, 0.1) is 0 Å². The fourth-order valence-corrected chi connectivity index (χ4v) is 12.6. The van der Waals surface area contributed by atoms with Crippen molar-refractivity contribution in [3.8, 4) is 78.4 Å². The van der Waals surface area contributed by atoms with Crippen LogP contribution >= 0.6 is 11.8 Å². The van der Waals surface area contributed by atoms with E-state index in [0.717, 1.165) is 62.1 Å². The average molecular weight is 1010 g/mol. The zero-order valence-corrected chi connectivity index (χ0v) is 45.2. The third-order valence-electron chi connectivity index (χ3n) is 15.5. The van der Waals surface area contributed by atoms with Gasteiger partial charge in [0.25, 0.3) is 0 Å². The van der Waals surface area contributed by atoms with Crippen molar-refractivity contribution >= 4 is 51.9 Å². The van der Waals surface area contributed by atoms with Crippen LogP contribution in [-0.4, -0.2) is 16.7 Å². The molecule has 0 unspecified atom stereocenters. The van der Waals surface area contributed by atoms with Crippen molar-refractivity contribution in [1.29, 1.82) is 0 Å². The lowest BCUT2D eigenvalue weighted by atomic mass is 9.34. The van der Waals surface area contributed by atoms with Gasteiger partial charge in [-0.2, -0.15) is 0 Å². The minimum Gasteiger partial charge on any atom is -0.311 e. The molecule has 5 heteroatoms. The third kappa shape index (κ3) is 8.99. The van der Waals surface area contributed by atoms with Crippen molar-refractivity contribution in [2.75, 3.05) is 4.90 Å². The van der Waals surface area contributed by atoms with E-state index >= 15 is 0 Å². The Morgan fingerprint density at radius 1 is 0.364 bits per heavy atom. The molecule has 0 spiro atoms. The Balaban J connectivity index is 1.13. The van der Waals surface area contributed by atoms with E-state index in [1.165, 1.54) is 70.7 Å². The monoisotopic (exact) mass is 1010 g/mol. The van der Waals surface area contributed by atoms with Gasteiger partial charge in [-0.05, 0) is 133 Å². The molecular weight excluding hydrogens is 950 g/mol. The summed E-state index contributed by atoms with van der Waals surface area (Å²) >= 11 is 1.88. The summed E-state index contributed by atoms with van der Waals surface area (Å²) in [5.74, 6) is 0. The second-order valence-electron chi connectivity index (χ2n) is 22.6. The molecular formula is C72H58BN3S. The van der Waals surface area contributed by atoms with Gasteiger partial charge in [-0.15, -0.1) is 0 Å². The van der Waals surface area contributed by atoms with Gasteiger partial charge in [0.05, 0.1) is 28.5 Å². The minimum atomic E-state index is -0.143. The molecule has 0 N–H and O–H groups in total. The van der Waals surface area contributed by atoms with Crippen LogP contribution in [0.2, 0.25) is 0 Å². The van der Waals surface area contributed by atoms with Gasteiger partial charge in [-0.3, -0.25) is 0 Å². The lowest BCUT2D eigenvalue weighted by molar-refractivity contribution is 0.590. The predicted molar refractivity (Wildman–Crippen MR) is 327 cm³/mol. The first kappa shape index (κ1) is 48.2. The molecule has 0 atom stereocenters. The van der Waals surface area contributed by atoms with E-state index in [1.54, 1.807) is 0 Å². The number of fused-ring (bicyclic) bond motifs is 4. The Kier molecular flexibility index (Phi) is 12.0. The molecule has 77 heavy (non-hydrogen) atoms. The van der Waals surface area contributed by atoms with Gasteiger partial charge in [0, 0.05) is 43.4 Å². The van der Waals surface area contributed by atoms with Crippen molar-refractivity contribution < 1.29 is 0 Å². The van der Waals surface area contributed by atoms with Gasteiger partial charge in [-0.25, -0.2) is 9.97 Å². The fraction of sp³-hybridized carbons (Fsp3) is 0.111. The van der Waals surface area contributed by atoms with Crippen molar-refractivity contribution in [1.82, 2.24) is 9.97 Å². The van der Waals surface area contributed by atoms with Gasteiger partial charge in [0.15, 0.2) is 0 Å². The van der Waals surface area contributed by atoms with Crippen LogP contribution in [0.4, 0.5) is 17.1 Å². The van der Waals surface area contributed by atoms with E-state index in [2.05, 4.69) is 289 Å². The highest BCUT2D eigenvalue weighted by Crippen LogP contribution is 2.50. The van der Waals surface area contributed by atoms with Crippen LogP contribution in [0.1, 0.15) is 52.7 Å². The highest BCUT2D eigenvalue weighted by atomic mass is 32.2. The molecule has 370 valence electrons. The highest BCUT2D eigenvalue weighted by Gasteiger charge is 2.44. The maximum absolute atomic E-state index is 5.71. The molecule has 2 aliphatic rings. The summed E-state index contributed by atoms with van der Waals surface area (Å²) in [5.41, 5.74) is 24.9. The molecule has 11 aromatic rings. The van der Waals surface area contributed by atoms with Crippen LogP contribution in [0.3, 0.4) is 0 Å². The number of pyridine rings is 2. The molecule has 0 aliphatic carbocycles. The average Bonchev–Trinajstić information content (AvgIpc) is 3.65. The zero-order chi connectivity index (χ0) is 52.4. The maximum Gasteiger partial charge on any atom is 0.249 e. The molecule has 2 aliphatic heterocycles. The van der Waals surface area contributed by atoms with Crippen molar-refractivity contribution in [2.24, 2.45) is 0 Å². The fourth-order valence-electron chi connectivity index (χ4n) is 11.3. The first-order chi connectivity index (χ1) is 37.4. The second-order valence-corrected chi connectivity index (χ2v) is 23.6. The maximum atomic E-state index is 5.71. The lowest BCUT2D eigenvalue weighted by Crippen LogP contribution is -2.60. The Bertz CT molecular complexity index is 4030. The molecule has 9 aromatic carbocycles. The number of anilines is 3. The molecule has 0 fully saturated rings. The molecule has 4 heterocycles. The van der Waals surface area contributed by atoms with Crippen LogP contribution in [-0.2, 0) is 10.8 Å². The number of aromatic nitrogens is 2. The van der Waals surface area contributed by atoms with Crippen molar-refractivity contribution in [3.63, 3.8) is 0 Å². The molecule has 13 rings (SSSR count). The van der Waals surface area contributed by atoms with Gasteiger partial charge >= 0.3 is 0 Å². The standard InChI is InChI=1S/C72H58BN3S/c1-71(2,3)55-28-16-26-53(42-55)62-30-18-32-64(74-62)58-46-59(65-33-19-31-63(75-65)54-27-17-29-56(43-54)72(4,5)6)70-68-69(58)76(57-38-34-50(35-39-57)47-20-10-7-11-21-47)66-40-36-51(48-22-12-8-13-23-48)44-60(66)73(68)61-45-52(37-41-67(61)77-70)49-24-14-9-15-25-49/h7-46H,1-6H3. The van der Waals surface area contributed by atoms with Gasteiger partial charge < -0.3 is 4.90 Å². The number of nitrogens with zero attached hydrogens (tertiary/aromatic N) is 3. The van der Waals surface area contributed by atoms with Gasteiger partial charge in [-0.1, -0.05) is 235 Å². The summed E-state index contributed by atoms with van der Waals surface area (Å²) < 4.78 is 0. The van der Waals surface area contributed by atoms with Crippen molar-refractivity contribution in [3.05, 3.63) is 254 Å². The quantitative estimate of drug-likeness (QED) is 0.142. The van der Waals surface area contributed by atoms with E-state index in [-0.39, 0.29) is 17.5 Å². The zero-order valence-electron chi connectivity index (χ0n) is 44.4. The molecule has 0 bridgehead atoms. The predicted octanol–water partition coefficient (Wildman–Crippen LogP) is 17.5. The Morgan fingerprint density at radius 2 is 0.805 bits per heavy atom. The Hall–Kier alpha value is -8.51. The van der Waals surface area contributed by atoms with Crippen LogP contribution < -0.4 is 21.3 Å². The summed E-state index contributed by atoms with van der Waals surface area (Å²) in [4.78, 5) is 16.3. The molecule has 3 nitrogen and oxygen atoms in total. The highest BCUT2D eigenvalue weighted by molar-refractivity contribution is 8.00. The van der Waals surface area contributed by atoms with E-state index in [1.807, 2.05) is 11.8 Å². The van der Waals surface area contributed by atoms with Crippen LogP contribution in [0.15, 0.2) is 252 Å². The third-order valence-corrected chi connectivity index (χ3v) is 16.7. The molecule has 0 saturated carbocycles. The first-order valence-corrected chi connectivity index (χ1v) is 27.6. The van der Waals surface area contributed by atoms with Gasteiger partial charge in [0.1, 0.15) is 0 Å². The Morgan fingerprint density at radius 3 is 1.35 bits per heavy atom. The van der Waals surface area contributed by atoms with Gasteiger partial charge in [0.2, 0.25) is 6.71 Å². The Labute approximate surface area is 458 Å². The second kappa shape index (κ2) is 19.3. The number of hydrogen-bond donors (Lipinski definition) is 0. The van der Waals surface area contributed by atoms with E-state index < -0.39 is 0 Å². The largest absolute Gasteiger partial charge is 0.311 e. The van der Waals surface area contributed by atoms with E-state index in [4.69, 9.17) is 9.97 Å². The van der Waals surface area contributed by atoms with E-state index in [0.29, 0.717) is 0 Å². The molecule has 2 aromatic heterocycles. The van der Waals surface area contributed by atoms with Crippen LogP contribution in [0.5, 0.6) is 0 Å². The van der Waals surface area contributed by atoms with Crippen LogP contribution in [0.25, 0.3) is 78.4 Å². The summed E-state index contributed by atoms with van der Waals surface area (Å²) in [6.07, 6.45) is 0. The number of hydrogen-bond acceptors (Lipinski definition) is 4. The summed E-state index contributed by atoms with van der Waals surface area (Å²) in [5, 5.41) is 0. The van der Waals surface area contributed by atoms with Crippen molar-refractivity contribution in [2.45, 2.75) is 62.2 Å².